The summed E-state index contributed by atoms with van der Waals surface area (Å²) in [6, 6.07) is 0. The molecule has 0 heterocycles. The van der Waals surface area contributed by atoms with Crippen LogP contribution in [0.1, 0.15) is 278 Å². The number of unbranched alkanes of at least 4 members (excludes halogenated alkanes) is 27. The van der Waals surface area contributed by atoms with Crippen LogP contribution >= 0.6 is 0 Å². The maximum atomic E-state index is 12.9. The van der Waals surface area contributed by atoms with Crippen LogP contribution in [0.5, 0.6) is 0 Å². The number of hydrogen-bond acceptors (Lipinski definition) is 5. The molecule has 70 heavy (non-hydrogen) atoms. The zero-order valence-electron chi connectivity index (χ0n) is 46.3. The molecule has 0 rings (SSSR count). The molecule has 0 aromatic carbocycles. The zero-order chi connectivity index (χ0) is 50.6. The van der Waals surface area contributed by atoms with Gasteiger partial charge in [0.15, 0.2) is 6.10 Å². The van der Waals surface area contributed by atoms with Gasteiger partial charge in [-0.05, 0) is 89.9 Å². The molecule has 0 aliphatic rings. The van der Waals surface area contributed by atoms with Gasteiger partial charge in [-0.25, -0.2) is 0 Å². The molecule has 0 spiro atoms. The van der Waals surface area contributed by atoms with Gasteiger partial charge in [0.1, 0.15) is 6.61 Å². The number of allylic oxidation sites excluding steroid dienone is 16. The standard InChI is InChI=1S/C65H112O5/c1-4-7-10-13-16-19-22-25-28-31-33-35-37-40-43-46-49-52-55-58-64(66)69-62-63(61-68-60-57-54-51-48-45-42-39-30-27-24-21-18-15-12-9-6-3)70-65(67)59-56-53-50-47-44-41-38-36-34-32-29-26-23-20-17-14-11-8-5-2/h7,10,16,18-19,21,25,27-28,30,33,35,40,43,49,52,63H,4-6,8-9,11-15,17,20,22-24,26,29,31-32,34,36-39,41-42,44-48,50-51,53-62H2,1-3H3/b10-7-,19-16-,21-18-,28-25-,30-27-,35-33-,43-40-,52-49-. The molecule has 0 saturated carbocycles. The number of hydrogen-bond donors (Lipinski definition) is 0. The van der Waals surface area contributed by atoms with Crippen molar-refractivity contribution in [1.29, 1.82) is 0 Å². The molecule has 0 aromatic rings. The average Bonchev–Trinajstić information content (AvgIpc) is 3.36. The van der Waals surface area contributed by atoms with E-state index in [0.717, 1.165) is 70.6 Å². The second-order valence-corrected chi connectivity index (χ2v) is 19.5. The zero-order valence-corrected chi connectivity index (χ0v) is 46.3. The molecule has 5 heteroatoms. The predicted octanol–water partition coefficient (Wildman–Crippen LogP) is 20.6. The van der Waals surface area contributed by atoms with Gasteiger partial charge < -0.3 is 14.2 Å². The van der Waals surface area contributed by atoms with E-state index in [4.69, 9.17) is 14.2 Å². The summed E-state index contributed by atoms with van der Waals surface area (Å²) >= 11 is 0. The van der Waals surface area contributed by atoms with Gasteiger partial charge in [-0.3, -0.25) is 9.59 Å². The van der Waals surface area contributed by atoms with Crippen LogP contribution < -0.4 is 0 Å². The number of carbonyl (C=O) groups is 2. The molecule has 0 radical (unpaired) electrons. The Morgan fingerprint density at radius 2 is 0.671 bits per heavy atom. The first kappa shape index (κ1) is 66.8. The summed E-state index contributed by atoms with van der Waals surface area (Å²) in [4.78, 5) is 25.5. The Balaban J connectivity index is 4.39. The van der Waals surface area contributed by atoms with Crippen LogP contribution in [0.2, 0.25) is 0 Å². The normalized spacial score (nSPS) is 12.9. The van der Waals surface area contributed by atoms with Gasteiger partial charge in [0.05, 0.1) is 6.61 Å². The van der Waals surface area contributed by atoms with Crippen molar-refractivity contribution in [2.45, 2.75) is 284 Å². The average molecular weight is 974 g/mol. The van der Waals surface area contributed by atoms with E-state index < -0.39 is 6.10 Å². The molecule has 5 nitrogen and oxygen atoms in total. The maximum Gasteiger partial charge on any atom is 0.306 e. The third-order valence-corrected chi connectivity index (χ3v) is 12.6. The first-order valence-corrected chi connectivity index (χ1v) is 29.8. The van der Waals surface area contributed by atoms with Crippen molar-refractivity contribution in [1.82, 2.24) is 0 Å². The fourth-order valence-electron chi connectivity index (χ4n) is 8.21. The Hall–Kier alpha value is -3.18. The molecule has 0 bridgehead atoms. The van der Waals surface area contributed by atoms with E-state index in [-0.39, 0.29) is 25.2 Å². The van der Waals surface area contributed by atoms with Gasteiger partial charge in [-0.2, -0.15) is 0 Å². The van der Waals surface area contributed by atoms with Crippen LogP contribution in [0.25, 0.3) is 0 Å². The third kappa shape index (κ3) is 57.4. The molecular formula is C65H112O5. The Bertz CT molecular complexity index is 1330. The van der Waals surface area contributed by atoms with E-state index in [1.54, 1.807) is 0 Å². The largest absolute Gasteiger partial charge is 0.462 e. The Morgan fingerprint density at radius 1 is 0.329 bits per heavy atom. The molecule has 0 aromatic heterocycles. The highest BCUT2D eigenvalue weighted by atomic mass is 16.6. The Labute approximate surface area is 434 Å². The second kappa shape index (κ2) is 60.1. The Morgan fingerprint density at radius 3 is 1.11 bits per heavy atom. The first-order chi connectivity index (χ1) is 34.6. The summed E-state index contributed by atoms with van der Waals surface area (Å²) in [7, 11) is 0. The smallest absolute Gasteiger partial charge is 0.306 e. The molecule has 0 aliphatic carbocycles. The van der Waals surface area contributed by atoms with E-state index in [1.165, 1.54) is 167 Å². The van der Waals surface area contributed by atoms with Gasteiger partial charge >= 0.3 is 11.9 Å². The third-order valence-electron chi connectivity index (χ3n) is 12.6. The molecule has 1 atom stereocenters. The van der Waals surface area contributed by atoms with E-state index in [9.17, 15) is 9.59 Å². The highest BCUT2D eigenvalue weighted by Gasteiger charge is 2.17. The summed E-state index contributed by atoms with van der Waals surface area (Å²) in [6.45, 7) is 7.62. The Kier molecular flexibility index (Phi) is 57.4. The molecule has 402 valence electrons. The maximum absolute atomic E-state index is 12.9. The minimum atomic E-state index is -0.577. The van der Waals surface area contributed by atoms with E-state index in [0.29, 0.717) is 25.9 Å². The number of ether oxygens (including phenoxy) is 3. The lowest BCUT2D eigenvalue weighted by Gasteiger charge is -2.18. The lowest BCUT2D eigenvalue weighted by molar-refractivity contribution is -0.162. The van der Waals surface area contributed by atoms with Gasteiger partial charge in [0.25, 0.3) is 0 Å². The molecule has 1 unspecified atom stereocenters. The number of carbonyl (C=O) groups excluding carboxylic acids is 2. The van der Waals surface area contributed by atoms with Crippen molar-refractivity contribution in [3.63, 3.8) is 0 Å². The van der Waals surface area contributed by atoms with Gasteiger partial charge in [-0.15, -0.1) is 0 Å². The predicted molar refractivity (Wildman–Crippen MR) is 306 cm³/mol. The molecule has 0 amide bonds. The van der Waals surface area contributed by atoms with Crippen molar-refractivity contribution in [2.75, 3.05) is 19.8 Å². The van der Waals surface area contributed by atoms with Gasteiger partial charge in [0, 0.05) is 19.4 Å². The summed E-state index contributed by atoms with van der Waals surface area (Å²) < 4.78 is 17.4. The van der Waals surface area contributed by atoms with Crippen molar-refractivity contribution >= 4 is 11.9 Å². The lowest BCUT2D eigenvalue weighted by atomic mass is 10.0. The van der Waals surface area contributed by atoms with Crippen molar-refractivity contribution in [2.24, 2.45) is 0 Å². The number of rotatable bonds is 54. The summed E-state index contributed by atoms with van der Waals surface area (Å²) in [5, 5.41) is 0. The van der Waals surface area contributed by atoms with Crippen LogP contribution in [-0.4, -0.2) is 37.9 Å². The quantitative estimate of drug-likeness (QED) is 0.0345. The summed E-state index contributed by atoms with van der Waals surface area (Å²) in [5.74, 6) is -0.493. The van der Waals surface area contributed by atoms with E-state index in [2.05, 4.69) is 112 Å². The summed E-state index contributed by atoms with van der Waals surface area (Å²) in [5.41, 5.74) is 0. The van der Waals surface area contributed by atoms with Crippen molar-refractivity contribution in [3.05, 3.63) is 97.2 Å². The highest BCUT2D eigenvalue weighted by Crippen LogP contribution is 2.16. The van der Waals surface area contributed by atoms with Crippen LogP contribution in [0.15, 0.2) is 97.2 Å². The highest BCUT2D eigenvalue weighted by molar-refractivity contribution is 5.70. The van der Waals surface area contributed by atoms with E-state index in [1.807, 2.05) is 6.08 Å². The van der Waals surface area contributed by atoms with Gasteiger partial charge in [0.2, 0.25) is 0 Å². The molecule has 0 saturated heterocycles. The van der Waals surface area contributed by atoms with E-state index >= 15 is 0 Å². The fraction of sp³-hybridized carbons (Fsp3) is 0.723. The van der Waals surface area contributed by atoms with Gasteiger partial charge in [-0.1, -0.05) is 272 Å². The summed E-state index contributed by atoms with van der Waals surface area (Å²) in [6.07, 6.45) is 81.6. The monoisotopic (exact) mass is 973 g/mol. The minimum Gasteiger partial charge on any atom is -0.462 e. The van der Waals surface area contributed by atoms with Crippen LogP contribution in [0, 0.1) is 0 Å². The second-order valence-electron chi connectivity index (χ2n) is 19.5. The molecular weight excluding hydrogens is 861 g/mol. The molecule has 0 N–H and O–H groups in total. The topological polar surface area (TPSA) is 61.8 Å². The fourth-order valence-corrected chi connectivity index (χ4v) is 8.21. The minimum absolute atomic E-state index is 0.0389. The van der Waals surface area contributed by atoms with Crippen LogP contribution in [0.3, 0.4) is 0 Å². The van der Waals surface area contributed by atoms with Crippen LogP contribution in [0.4, 0.5) is 0 Å². The number of esters is 2. The molecule has 0 aliphatic heterocycles. The van der Waals surface area contributed by atoms with Crippen molar-refractivity contribution in [3.8, 4) is 0 Å². The SMILES string of the molecule is CC/C=C\C/C=C\C/C=C\C/C=C\C/C=C\C/C=C\CCC(=O)OCC(COCCCCCCCC/C=C\C/C=C\CCCCC)OC(=O)CCCCCCCCCCCCCCCCCCCCC. The van der Waals surface area contributed by atoms with Crippen molar-refractivity contribution < 1.29 is 23.8 Å². The molecule has 0 fully saturated rings. The van der Waals surface area contributed by atoms with Crippen LogP contribution in [-0.2, 0) is 23.8 Å². The lowest BCUT2D eigenvalue weighted by Crippen LogP contribution is -2.30. The first-order valence-electron chi connectivity index (χ1n) is 29.8.